The largest absolute Gasteiger partial charge is 0.493 e. The minimum atomic E-state index is -0.322. The van der Waals surface area contributed by atoms with E-state index in [1.54, 1.807) is 6.20 Å². The Morgan fingerprint density at radius 2 is 2.10 bits per heavy atom. The Morgan fingerprint density at radius 3 is 2.81 bits per heavy atom. The van der Waals surface area contributed by atoms with Crippen LogP contribution in [0.4, 0.5) is 0 Å². The summed E-state index contributed by atoms with van der Waals surface area (Å²) >= 11 is 0. The number of aliphatic hydroxyl groups is 1. The van der Waals surface area contributed by atoms with Gasteiger partial charge in [0.1, 0.15) is 5.75 Å². The molecular formula is C17H24N2O2. The molecule has 2 N–H and O–H groups in total. The molecule has 4 heteroatoms. The Balaban J connectivity index is 2.02. The lowest BCUT2D eigenvalue weighted by molar-refractivity contribution is 0.137. The molecule has 0 aliphatic rings. The first-order chi connectivity index (χ1) is 10.0. The molecule has 0 fully saturated rings. The highest BCUT2D eigenvalue weighted by molar-refractivity contribution is 5.84. The molecule has 0 aliphatic carbocycles. The zero-order valence-corrected chi connectivity index (χ0v) is 13.0. The Morgan fingerprint density at radius 1 is 1.29 bits per heavy atom. The number of rotatable bonds is 7. The van der Waals surface area contributed by atoms with E-state index in [1.165, 1.54) is 0 Å². The van der Waals surface area contributed by atoms with Gasteiger partial charge in [-0.05, 0) is 31.2 Å². The fourth-order valence-electron chi connectivity index (χ4n) is 2.48. The smallest absolute Gasteiger partial charge is 0.128 e. The molecule has 1 aromatic carbocycles. The van der Waals surface area contributed by atoms with E-state index in [9.17, 15) is 5.11 Å². The van der Waals surface area contributed by atoms with Crippen molar-refractivity contribution in [2.75, 3.05) is 13.2 Å². The summed E-state index contributed by atoms with van der Waals surface area (Å²) in [6, 6.07) is 10.1. The third-order valence-corrected chi connectivity index (χ3v) is 3.50. The van der Waals surface area contributed by atoms with E-state index in [0.717, 1.165) is 23.1 Å². The minimum absolute atomic E-state index is 0.0889. The van der Waals surface area contributed by atoms with Crippen LogP contribution in [0.15, 0.2) is 36.5 Å². The molecule has 0 amide bonds. The fraction of sp³-hybridized carbons (Fsp3) is 0.471. The van der Waals surface area contributed by atoms with Crippen LogP contribution in [-0.4, -0.2) is 34.9 Å². The molecule has 2 aromatic rings. The van der Waals surface area contributed by atoms with Crippen molar-refractivity contribution in [1.82, 2.24) is 10.3 Å². The summed E-state index contributed by atoms with van der Waals surface area (Å²) in [7, 11) is 0. The third-order valence-electron chi connectivity index (χ3n) is 3.50. The number of nitrogens with one attached hydrogen (secondary N) is 1. The highest BCUT2D eigenvalue weighted by atomic mass is 16.5. The molecule has 0 saturated heterocycles. The number of hydrogen-bond donors (Lipinski definition) is 2. The molecule has 114 valence electrons. The first-order valence-electron chi connectivity index (χ1n) is 7.39. The molecule has 1 aromatic heterocycles. The summed E-state index contributed by atoms with van der Waals surface area (Å²) in [5, 5.41) is 14.0. The van der Waals surface area contributed by atoms with Crippen LogP contribution in [0.5, 0.6) is 5.75 Å². The summed E-state index contributed by atoms with van der Waals surface area (Å²) in [6.07, 6.45) is 2.51. The molecule has 1 atom stereocenters. The average molecular weight is 288 g/mol. The monoisotopic (exact) mass is 288 g/mol. The second-order valence-electron chi connectivity index (χ2n) is 5.94. The van der Waals surface area contributed by atoms with Gasteiger partial charge in [0.25, 0.3) is 0 Å². The lowest BCUT2D eigenvalue weighted by Crippen LogP contribution is -2.49. The van der Waals surface area contributed by atoms with Gasteiger partial charge in [-0.3, -0.25) is 4.98 Å². The lowest BCUT2D eigenvalue weighted by atomic mass is 9.98. The van der Waals surface area contributed by atoms with Gasteiger partial charge in [0, 0.05) is 29.6 Å². The van der Waals surface area contributed by atoms with Gasteiger partial charge in [0.2, 0.25) is 0 Å². The van der Waals surface area contributed by atoms with Crippen LogP contribution in [0.2, 0.25) is 0 Å². The van der Waals surface area contributed by atoms with Crippen LogP contribution in [0.1, 0.15) is 27.2 Å². The van der Waals surface area contributed by atoms with Gasteiger partial charge < -0.3 is 15.2 Å². The first-order valence-corrected chi connectivity index (χ1v) is 7.39. The number of fused-ring (bicyclic) bond motifs is 1. The van der Waals surface area contributed by atoms with E-state index >= 15 is 0 Å². The number of pyridine rings is 1. The molecule has 4 nitrogen and oxygen atoms in total. The molecule has 0 bridgehead atoms. The maximum atomic E-state index is 9.58. The highest BCUT2D eigenvalue weighted by Gasteiger charge is 2.23. The normalized spacial score (nSPS) is 14.3. The summed E-state index contributed by atoms with van der Waals surface area (Å²) in [4.78, 5) is 4.32. The number of aliphatic hydroxyl groups excluding tert-OH is 1. The Bertz CT molecular complexity index is 581. The number of ether oxygens (including phenoxy) is 1. The standard InChI is InChI=1S/C17H24N2O2/c1-13(2)19-17(3,12-20)9-11-21-16-8-4-7-15-14(16)6-5-10-18-15/h4-8,10,13,19-20H,9,11-12H2,1-3H3. The second kappa shape index (κ2) is 6.87. The number of hydrogen-bond acceptors (Lipinski definition) is 4. The van der Waals surface area contributed by atoms with Gasteiger partial charge in [-0.2, -0.15) is 0 Å². The SMILES string of the molecule is CC(C)NC(C)(CO)CCOc1cccc2ncccc12. The lowest BCUT2D eigenvalue weighted by Gasteiger charge is -2.31. The molecular weight excluding hydrogens is 264 g/mol. The van der Waals surface area contributed by atoms with E-state index < -0.39 is 0 Å². The van der Waals surface area contributed by atoms with Crippen LogP contribution in [0.25, 0.3) is 10.9 Å². The quantitative estimate of drug-likeness (QED) is 0.822. The Hall–Kier alpha value is -1.65. The van der Waals surface area contributed by atoms with Crippen molar-refractivity contribution in [2.24, 2.45) is 0 Å². The predicted octanol–water partition coefficient (Wildman–Crippen LogP) is 2.75. The van der Waals surface area contributed by atoms with E-state index in [1.807, 2.05) is 37.3 Å². The van der Waals surface area contributed by atoms with Gasteiger partial charge in [0.05, 0.1) is 18.7 Å². The molecule has 0 spiro atoms. The number of aromatic nitrogens is 1. The van der Waals surface area contributed by atoms with Crippen molar-refractivity contribution in [2.45, 2.75) is 38.8 Å². The van der Waals surface area contributed by atoms with Gasteiger partial charge >= 0.3 is 0 Å². The minimum Gasteiger partial charge on any atom is -0.493 e. The van der Waals surface area contributed by atoms with Crippen LogP contribution in [0.3, 0.4) is 0 Å². The van der Waals surface area contributed by atoms with Crippen molar-refractivity contribution < 1.29 is 9.84 Å². The van der Waals surface area contributed by atoms with Gasteiger partial charge in [-0.1, -0.05) is 19.9 Å². The molecule has 0 saturated carbocycles. The second-order valence-corrected chi connectivity index (χ2v) is 5.94. The van der Waals surface area contributed by atoms with Crippen molar-refractivity contribution in [3.63, 3.8) is 0 Å². The van der Waals surface area contributed by atoms with Crippen molar-refractivity contribution >= 4 is 10.9 Å². The summed E-state index contributed by atoms with van der Waals surface area (Å²) in [5.74, 6) is 0.838. The van der Waals surface area contributed by atoms with E-state index in [-0.39, 0.29) is 12.1 Å². The molecule has 0 radical (unpaired) electrons. The van der Waals surface area contributed by atoms with Crippen LogP contribution in [-0.2, 0) is 0 Å². The van der Waals surface area contributed by atoms with Crippen LogP contribution < -0.4 is 10.1 Å². The Kier molecular flexibility index (Phi) is 5.15. The van der Waals surface area contributed by atoms with Crippen molar-refractivity contribution in [1.29, 1.82) is 0 Å². The van der Waals surface area contributed by atoms with Gasteiger partial charge in [0.15, 0.2) is 0 Å². The Labute approximate surface area is 126 Å². The molecule has 1 heterocycles. The van der Waals surface area contributed by atoms with E-state index in [4.69, 9.17) is 4.74 Å². The maximum Gasteiger partial charge on any atom is 0.128 e. The fourth-order valence-corrected chi connectivity index (χ4v) is 2.48. The van der Waals surface area contributed by atoms with Crippen molar-refractivity contribution in [3.8, 4) is 5.75 Å². The first kappa shape index (κ1) is 15.7. The molecule has 21 heavy (non-hydrogen) atoms. The maximum absolute atomic E-state index is 9.58. The molecule has 0 aliphatic heterocycles. The molecule has 2 rings (SSSR count). The third kappa shape index (κ3) is 4.16. The summed E-state index contributed by atoms with van der Waals surface area (Å²) in [6.45, 7) is 6.80. The zero-order valence-electron chi connectivity index (χ0n) is 13.0. The average Bonchev–Trinajstić information content (AvgIpc) is 2.47. The number of benzene rings is 1. The molecule has 1 unspecified atom stereocenters. The topological polar surface area (TPSA) is 54.4 Å². The van der Waals surface area contributed by atoms with Crippen LogP contribution in [0, 0.1) is 0 Å². The number of nitrogens with zero attached hydrogens (tertiary/aromatic N) is 1. The zero-order chi connectivity index (χ0) is 15.3. The summed E-state index contributed by atoms with van der Waals surface area (Å²) < 4.78 is 5.91. The van der Waals surface area contributed by atoms with E-state index in [2.05, 4.69) is 24.1 Å². The highest BCUT2D eigenvalue weighted by Crippen LogP contribution is 2.24. The summed E-state index contributed by atoms with van der Waals surface area (Å²) in [5.41, 5.74) is 0.608. The van der Waals surface area contributed by atoms with E-state index in [0.29, 0.717) is 12.6 Å². The van der Waals surface area contributed by atoms with Crippen molar-refractivity contribution in [3.05, 3.63) is 36.5 Å². The van der Waals surface area contributed by atoms with Crippen LogP contribution >= 0.6 is 0 Å². The van der Waals surface area contributed by atoms with Gasteiger partial charge in [-0.25, -0.2) is 0 Å². The predicted molar refractivity (Wildman–Crippen MR) is 85.6 cm³/mol. The van der Waals surface area contributed by atoms with Gasteiger partial charge in [-0.15, -0.1) is 0 Å².